The summed E-state index contributed by atoms with van der Waals surface area (Å²) in [5.74, 6) is -0.207. The fourth-order valence-electron chi connectivity index (χ4n) is 1.20. The Morgan fingerprint density at radius 3 is 2.86 bits per heavy atom. The van der Waals surface area contributed by atoms with Crippen LogP contribution in [0.2, 0.25) is 0 Å². The molecular weight excluding hydrogens is 197 g/mol. The van der Waals surface area contributed by atoms with E-state index in [-0.39, 0.29) is 5.82 Å². The molecule has 3 heteroatoms. The highest BCUT2D eigenvalue weighted by Crippen LogP contribution is 2.13. The Morgan fingerprint density at radius 2 is 2.14 bits per heavy atom. The van der Waals surface area contributed by atoms with Crippen LogP contribution in [0.15, 0.2) is 41.8 Å². The van der Waals surface area contributed by atoms with Crippen molar-refractivity contribution in [2.45, 2.75) is 6.54 Å². The maximum atomic E-state index is 12.8. The Balaban J connectivity index is 1.98. The Kier molecular flexibility index (Phi) is 2.79. The first kappa shape index (κ1) is 9.21. The van der Waals surface area contributed by atoms with Gasteiger partial charge in [-0.3, -0.25) is 0 Å². The summed E-state index contributed by atoms with van der Waals surface area (Å²) in [6.07, 6.45) is 0. The molecule has 0 aliphatic rings. The van der Waals surface area contributed by atoms with Crippen LogP contribution in [0.3, 0.4) is 0 Å². The fraction of sp³-hybridized carbons (Fsp3) is 0.0909. The van der Waals surface area contributed by atoms with Crippen molar-refractivity contribution in [3.05, 3.63) is 52.5 Å². The van der Waals surface area contributed by atoms with E-state index in [2.05, 4.69) is 11.4 Å². The Labute approximate surface area is 86.2 Å². The molecule has 72 valence electrons. The largest absolute Gasteiger partial charge is 0.380 e. The van der Waals surface area contributed by atoms with Crippen LogP contribution < -0.4 is 5.32 Å². The zero-order chi connectivity index (χ0) is 9.80. The van der Waals surface area contributed by atoms with E-state index in [4.69, 9.17) is 0 Å². The number of nitrogens with one attached hydrogen (secondary N) is 1. The molecule has 0 aliphatic carbocycles. The van der Waals surface area contributed by atoms with Crippen molar-refractivity contribution in [2.75, 3.05) is 5.32 Å². The van der Waals surface area contributed by atoms with Gasteiger partial charge in [0.05, 0.1) is 0 Å². The second-order valence-electron chi connectivity index (χ2n) is 2.94. The minimum Gasteiger partial charge on any atom is -0.380 e. The summed E-state index contributed by atoms with van der Waals surface area (Å²) in [5, 5.41) is 5.19. The number of anilines is 1. The molecule has 0 spiro atoms. The maximum Gasteiger partial charge on any atom is 0.125 e. The number of halogens is 1. The Hall–Kier alpha value is -1.35. The number of hydrogen-bond donors (Lipinski definition) is 1. The molecule has 0 radical (unpaired) electrons. The second kappa shape index (κ2) is 4.24. The number of hydrogen-bond acceptors (Lipinski definition) is 2. The molecule has 0 bridgehead atoms. The van der Waals surface area contributed by atoms with Crippen LogP contribution >= 0.6 is 11.3 Å². The van der Waals surface area contributed by atoms with Gasteiger partial charge in [0.1, 0.15) is 5.82 Å². The number of thiophene rings is 1. The van der Waals surface area contributed by atoms with Gasteiger partial charge in [-0.05, 0) is 29.6 Å². The summed E-state index contributed by atoms with van der Waals surface area (Å²) >= 11 is 1.69. The lowest BCUT2D eigenvalue weighted by Gasteiger charge is -2.03. The van der Waals surface area contributed by atoms with E-state index in [0.29, 0.717) is 0 Å². The number of rotatable bonds is 3. The molecule has 1 heterocycles. The van der Waals surface area contributed by atoms with Gasteiger partial charge in [0.15, 0.2) is 0 Å². The zero-order valence-corrected chi connectivity index (χ0v) is 8.35. The molecule has 0 amide bonds. The van der Waals surface area contributed by atoms with E-state index in [1.807, 2.05) is 17.5 Å². The van der Waals surface area contributed by atoms with Crippen LogP contribution in [0.25, 0.3) is 0 Å². The molecule has 0 saturated heterocycles. The van der Waals surface area contributed by atoms with Crippen LogP contribution in [-0.4, -0.2) is 0 Å². The van der Waals surface area contributed by atoms with Crippen molar-refractivity contribution in [3.63, 3.8) is 0 Å². The first-order valence-corrected chi connectivity index (χ1v) is 5.24. The van der Waals surface area contributed by atoms with Gasteiger partial charge in [0.2, 0.25) is 0 Å². The molecule has 14 heavy (non-hydrogen) atoms. The van der Waals surface area contributed by atoms with Crippen LogP contribution in [0.1, 0.15) is 4.88 Å². The van der Waals surface area contributed by atoms with Crippen molar-refractivity contribution < 1.29 is 4.39 Å². The van der Waals surface area contributed by atoms with Crippen LogP contribution in [0.4, 0.5) is 10.1 Å². The molecular formula is C11H10FNS. The lowest BCUT2D eigenvalue weighted by atomic mass is 10.3. The minimum absolute atomic E-state index is 0.207. The van der Waals surface area contributed by atoms with Crippen LogP contribution in [0, 0.1) is 5.82 Å². The molecule has 0 atom stereocenters. The summed E-state index contributed by atoms with van der Waals surface area (Å²) in [6.45, 7) is 0.751. The van der Waals surface area contributed by atoms with Crippen molar-refractivity contribution in [1.82, 2.24) is 0 Å². The summed E-state index contributed by atoms with van der Waals surface area (Å²) in [4.78, 5) is 1.24. The van der Waals surface area contributed by atoms with Crippen molar-refractivity contribution in [3.8, 4) is 0 Å². The molecule has 0 unspecified atom stereocenters. The third-order valence-electron chi connectivity index (χ3n) is 1.87. The first-order chi connectivity index (χ1) is 6.84. The topological polar surface area (TPSA) is 12.0 Å². The fourth-order valence-corrected chi connectivity index (χ4v) is 1.85. The molecule has 2 rings (SSSR count). The molecule has 1 aromatic heterocycles. The van der Waals surface area contributed by atoms with Gasteiger partial charge >= 0.3 is 0 Å². The van der Waals surface area contributed by atoms with E-state index >= 15 is 0 Å². The molecule has 0 saturated carbocycles. The molecule has 0 fully saturated rings. The summed E-state index contributed by atoms with van der Waals surface area (Å²) in [5.41, 5.74) is 0.818. The van der Waals surface area contributed by atoms with Crippen molar-refractivity contribution >= 4 is 17.0 Å². The van der Waals surface area contributed by atoms with Crippen molar-refractivity contribution in [2.24, 2.45) is 0 Å². The molecule has 0 aliphatic heterocycles. The maximum absolute atomic E-state index is 12.8. The second-order valence-corrected chi connectivity index (χ2v) is 3.98. The van der Waals surface area contributed by atoms with Gasteiger partial charge in [-0.25, -0.2) is 4.39 Å². The highest BCUT2D eigenvalue weighted by atomic mass is 32.1. The summed E-state index contributed by atoms with van der Waals surface area (Å²) in [6, 6.07) is 10.6. The van der Waals surface area contributed by atoms with E-state index < -0.39 is 0 Å². The third kappa shape index (κ3) is 2.33. The van der Waals surface area contributed by atoms with Crippen molar-refractivity contribution in [1.29, 1.82) is 0 Å². The summed E-state index contributed by atoms with van der Waals surface area (Å²) in [7, 11) is 0. The minimum atomic E-state index is -0.207. The number of benzene rings is 1. The van der Waals surface area contributed by atoms with Gasteiger partial charge in [0, 0.05) is 17.1 Å². The average molecular weight is 207 g/mol. The van der Waals surface area contributed by atoms with E-state index in [1.54, 1.807) is 17.4 Å². The Morgan fingerprint density at radius 1 is 1.21 bits per heavy atom. The van der Waals surface area contributed by atoms with E-state index in [9.17, 15) is 4.39 Å². The SMILES string of the molecule is Fc1cccc(NCc2cccs2)c1. The summed E-state index contributed by atoms with van der Waals surface area (Å²) < 4.78 is 12.8. The average Bonchev–Trinajstić information content (AvgIpc) is 2.67. The zero-order valence-electron chi connectivity index (χ0n) is 7.53. The van der Waals surface area contributed by atoms with Gasteiger partial charge in [-0.15, -0.1) is 11.3 Å². The Bertz CT molecular complexity index is 397. The lowest BCUT2D eigenvalue weighted by molar-refractivity contribution is 0.628. The van der Waals surface area contributed by atoms with Gasteiger partial charge in [0.25, 0.3) is 0 Å². The van der Waals surface area contributed by atoms with Gasteiger partial charge in [-0.2, -0.15) is 0 Å². The smallest absolute Gasteiger partial charge is 0.125 e. The highest BCUT2D eigenvalue weighted by molar-refractivity contribution is 7.09. The van der Waals surface area contributed by atoms with E-state index in [1.165, 1.54) is 17.0 Å². The van der Waals surface area contributed by atoms with E-state index in [0.717, 1.165) is 12.2 Å². The van der Waals surface area contributed by atoms with Crippen LogP contribution in [-0.2, 0) is 6.54 Å². The monoisotopic (exact) mass is 207 g/mol. The predicted molar refractivity (Wildman–Crippen MR) is 58.0 cm³/mol. The molecule has 1 nitrogen and oxygen atoms in total. The lowest BCUT2D eigenvalue weighted by Crippen LogP contribution is -1.97. The molecule has 1 aromatic carbocycles. The molecule has 1 N–H and O–H groups in total. The van der Waals surface area contributed by atoms with Crippen LogP contribution in [0.5, 0.6) is 0 Å². The standard InChI is InChI=1S/C11H10FNS/c12-9-3-1-4-10(7-9)13-8-11-5-2-6-14-11/h1-7,13H,8H2. The third-order valence-corrected chi connectivity index (χ3v) is 2.75. The predicted octanol–water partition coefficient (Wildman–Crippen LogP) is 3.50. The first-order valence-electron chi connectivity index (χ1n) is 4.36. The van der Waals surface area contributed by atoms with Gasteiger partial charge < -0.3 is 5.32 Å². The highest BCUT2D eigenvalue weighted by Gasteiger charge is 1.95. The van der Waals surface area contributed by atoms with Gasteiger partial charge in [-0.1, -0.05) is 12.1 Å². The quantitative estimate of drug-likeness (QED) is 0.812. The normalized spacial score (nSPS) is 10.1. The molecule has 2 aromatic rings.